The van der Waals surface area contributed by atoms with Gasteiger partial charge in [-0.25, -0.2) is 0 Å². The van der Waals surface area contributed by atoms with Crippen molar-refractivity contribution < 1.29 is 5.11 Å². The van der Waals surface area contributed by atoms with Crippen LogP contribution in [0.1, 0.15) is 31.7 Å². The molecule has 1 N–H and O–H groups in total. The van der Waals surface area contributed by atoms with E-state index < -0.39 is 0 Å². The Labute approximate surface area is 86.1 Å². The lowest BCUT2D eigenvalue weighted by Gasteiger charge is -2.02. The third kappa shape index (κ3) is 4.24. The van der Waals surface area contributed by atoms with E-state index in [1.54, 1.807) is 0 Å². The maximum absolute atomic E-state index is 9.55. The zero-order valence-electron chi connectivity index (χ0n) is 8.69. The molecule has 0 saturated carbocycles. The maximum atomic E-state index is 9.55. The number of benzene rings is 1. The van der Waals surface area contributed by atoms with Gasteiger partial charge in [0.1, 0.15) is 0 Å². The van der Waals surface area contributed by atoms with E-state index >= 15 is 0 Å². The van der Waals surface area contributed by atoms with Gasteiger partial charge in [0.2, 0.25) is 0 Å². The molecular formula is C13H18O. The van der Waals surface area contributed by atoms with Crippen molar-refractivity contribution in [2.45, 2.75) is 32.3 Å². The first-order chi connectivity index (χ1) is 6.83. The highest BCUT2D eigenvalue weighted by molar-refractivity contribution is 5.49. The van der Waals surface area contributed by atoms with E-state index in [4.69, 9.17) is 0 Å². The summed E-state index contributed by atoms with van der Waals surface area (Å²) >= 11 is 0. The predicted octanol–water partition coefficient (Wildman–Crippen LogP) is 3.25. The van der Waals surface area contributed by atoms with E-state index in [2.05, 4.69) is 6.92 Å². The Morgan fingerprint density at radius 2 is 2.00 bits per heavy atom. The highest BCUT2D eigenvalue weighted by atomic mass is 16.3. The molecule has 76 valence electrons. The lowest BCUT2D eigenvalue weighted by molar-refractivity contribution is 0.210. The first-order valence-electron chi connectivity index (χ1n) is 5.24. The van der Waals surface area contributed by atoms with Gasteiger partial charge in [0.25, 0.3) is 0 Å². The third-order valence-corrected chi connectivity index (χ3v) is 2.16. The minimum Gasteiger partial charge on any atom is -0.389 e. The zero-order chi connectivity index (χ0) is 10.2. The van der Waals surface area contributed by atoms with Crippen LogP contribution in [0.3, 0.4) is 0 Å². The third-order valence-electron chi connectivity index (χ3n) is 2.16. The largest absolute Gasteiger partial charge is 0.389 e. The number of aliphatic hydroxyl groups excluding tert-OH is 1. The molecule has 0 aromatic heterocycles. The Morgan fingerprint density at radius 3 is 2.64 bits per heavy atom. The molecule has 0 fully saturated rings. The van der Waals surface area contributed by atoms with Crippen molar-refractivity contribution in [1.29, 1.82) is 0 Å². The van der Waals surface area contributed by atoms with Crippen LogP contribution >= 0.6 is 0 Å². The average Bonchev–Trinajstić information content (AvgIpc) is 2.25. The molecule has 0 unspecified atom stereocenters. The average molecular weight is 190 g/mol. The SMILES string of the molecule is CCCC[C@@H](O)C=Cc1ccccc1. The molecule has 0 bridgehead atoms. The van der Waals surface area contributed by atoms with Gasteiger partial charge in [-0.05, 0) is 12.0 Å². The van der Waals surface area contributed by atoms with Crippen LogP contribution in [0.25, 0.3) is 6.08 Å². The van der Waals surface area contributed by atoms with Gasteiger partial charge in [0.05, 0.1) is 6.10 Å². The van der Waals surface area contributed by atoms with Crippen molar-refractivity contribution in [2.75, 3.05) is 0 Å². The molecule has 1 heteroatoms. The fourth-order valence-corrected chi connectivity index (χ4v) is 1.30. The van der Waals surface area contributed by atoms with Gasteiger partial charge in [-0.3, -0.25) is 0 Å². The van der Waals surface area contributed by atoms with Gasteiger partial charge in [0, 0.05) is 0 Å². The van der Waals surface area contributed by atoms with E-state index in [-0.39, 0.29) is 6.10 Å². The fraction of sp³-hybridized carbons (Fsp3) is 0.385. The molecule has 1 aromatic rings. The van der Waals surface area contributed by atoms with Crippen LogP contribution in [0.2, 0.25) is 0 Å². The fourth-order valence-electron chi connectivity index (χ4n) is 1.30. The Hall–Kier alpha value is -1.08. The van der Waals surface area contributed by atoms with Crippen LogP contribution in [-0.2, 0) is 0 Å². The van der Waals surface area contributed by atoms with Gasteiger partial charge in [0.15, 0.2) is 0 Å². The van der Waals surface area contributed by atoms with Crippen molar-refractivity contribution in [1.82, 2.24) is 0 Å². The van der Waals surface area contributed by atoms with Gasteiger partial charge in [-0.2, -0.15) is 0 Å². The first kappa shape index (κ1) is 11.0. The molecule has 1 rings (SSSR count). The molecule has 1 atom stereocenters. The van der Waals surface area contributed by atoms with Gasteiger partial charge < -0.3 is 5.11 Å². The second-order valence-corrected chi connectivity index (χ2v) is 3.48. The van der Waals surface area contributed by atoms with E-state index in [1.807, 2.05) is 42.5 Å². The highest BCUT2D eigenvalue weighted by Gasteiger charge is 1.96. The summed E-state index contributed by atoms with van der Waals surface area (Å²) in [5.41, 5.74) is 1.14. The van der Waals surface area contributed by atoms with Crippen LogP contribution < -0.4 is 0 Å². The zero-order valence-corrected chi connectivity index (χ0v) is 8.69. The minimum absolute atomic E-state index is 0.296. The van der Waals surface area contributed by atoms with E-state index in [0.717, 1.165) is 24.8 Å². The number of unbranched alkanes of at least 4 members (excludes halogenated alkanes) is 1. The molecule has 0 saturated heterocycles. The summed E-state index contributed by atoms with van der Waals surface area (Å²) in [5.74, 6) is 0. The maximum Gasteiger partial charge on any atom is 0.0724 e. The lowest BCUT2D eigenvalue weighted by Crippen LogP contribution is -2.00. The Balaban J connectivity index is 2.39. The Morgan fingerprint density at radius 1 is 1.29 bits per heavy atom. The second kappa shape index (κ2) is 6.39. The number of aliphatic hydroxyl groups is 1. The number of rotatable bonds is 5. The molecule has 1 aromatic carbocycles. The van der Waals surface area contributed by atoms with Crippen LogP contribution in [0.5, 0.6) is 0 Å². The molecule has 0 amide bonds. The summed E-state index contributed by atoms with van der Waals surface area (Å²) in [6, 6.07) is 10.0. The molecule has 14 heavy (non-hydrogen) atoms. The summed E-state index contributed by atoms with van der Waals surface area (Å²) in [6.07, 6.45) is 6.62. The van der Waals surface area contributed by atoms with Crippen LogP contribution in [0, 0.1) is 0 Å². The van der Waals surface area contributed by atoms with E-state index in [0.29, 0.717) is 0 Å². The highest BCUT2D eigenvalue weighted by Crippen LogP contribution is 2.06. The summed E-state index contributed by atoms with van der Waals surface area (Å²) in [7, 11) is 0. The second-order valence-electron chi connectivity index (χ2n) is 3.48. The van der Waals surface area contributed by atoms with Gasteiger partial charge in [-0.15, -0.1) is 0 Å². The van der Waals surface area contributed by atoms with Crippen molar-refractivity contribution in [3.63, 3.8) is 0 Å². The molecule has 0 aliphatic rings. The lowest BCUT2D eigenvalue weighted by atomic mass is 10.1. The molecule has 0 spiro atoms. The van der Waals surface area contributed by atoms with Crippen LogP contribution in [0.4, 0.5) is 0 Å². The Kier molecular flexibility index (Phi) is 5.02. The molecule has 1 nitrogen and oxygen atoms in total. The Bertz CT molecular complexity index is 264. The van der Waals surface area contributed by atoms with Crippen LogP contribution in [-0.4, -0.2) is 11.2 Å². The number of hydrogen-bond acceptors (Lipinski definition) is 1. The molecule has 0 aliphatic heterocycles. The normalized spacial score (nSPS) is 13.3. The molecular weight excluding hydrogens is 172 g/mol. The molecule has 0 heterocycles. The van der Waals surface area contributed by atoms with Crippen molar-refractivity contribution in [3.8, 4) is 0 Å². The smallest absolute Gasteiger partial charge is 0.0724 e. The topological polar surface area (TPSA) is 20.2 Å². The molecule has 0 aliphatic carbocycles. The van der Waals surface area contributed by atoms with Crippen molar-refractivity contribution >= 4 is 6.08 Å². The van der Waals surface area contributed by atoms with E-state index in [1.165, 1.54) is 0 Å². The van der Waals surface area contributed by atoms with E-state index in [9.17, 15) is 5.11 Å². The van der Waals surface area contributed by atoms with Gasteiger partial charge in [-0.1, -0.05) is 62.2 Å². The number of hydrogen-bond donors (Lipinski definition) is 1. The van der Waals surface area contributed by atoms with Gasteiger partial charge >= 0.3 is 0 Å². The quantitative estimate of drug-likeness (QED) is 0.755. The van der Waals surface area contributed by atoms with Crippen molar-refractivity contribution in [3.05, 3.63) is 42.0 Å². The monoisotopic (exact) mass is 190 g/mol. The summed E-state index contributed by atoms with van der Waals surface area (Å²) in [4.78, 5) is 0. The first-order valence-corrected chi connectivity index (χ1v) is 5.24. The minimum atomic E-state index is -0.296. The molecule has 0 radical (unpaired) electrons. The summed E-state index contributed by atoms with van der Waals surface area (Å²) < 4.78 is 0. The predicted molar refractivity (Wildman–Crippen MR) is 61.0 cm³/mol. The summed E-state index contributed by atoms with van der Waals surface area (Å²) in [5, 5.41) is 9.55. The van der Waals surface area contributed by atoms with Crippen LogP contribution in [0.15, 0.2) is 36.4 Å². The standard InChI is InChI=1S/C13H18O/c1-2-3-9-13(14)11-10-12-7-5-4-6-8-12/h4-8,10-11,13-14H,2-3,9H2,1H3/t13-/m1/s1. The van der Waals surface area contributed by atoms with Crippen molar-refractivity contribution in [2.24, 2.45) is 0 Å². The summed E-state index contributed by atoms with van der Waals surface area (Å²) in [6.45, 7) is 2.13.